The van der Waals surface area contributed by atoms with Gasteiger partial charge in [-0.05, 0) is 36.1 Å². The lowest BCUT2D eigenvalue weighted by atomic mass is 9.98. The van der Waals surface area contributed by atoms with Crippen LogP contribution in [0.5, 0.6) is 0 Å². The van der Waals surface area contributed by atoms with E-state index in [-0.39, 0.29) is 17.6 Å². The average molecular weight is 170 g/mol. The molecule has 0 N–H and O–H groups in total. The molecule has 0 heterocycles. The van der Waals surface area contributed by atoms with Crippen molar-refractivity contribution in [1.29, 1.82) is 0 Å². The Morgan fingerprint density at radius 3 is 2.58 bits per heavy atom. The first-order valence-corrected chi connectivity index (χ1v) is 4.10. The summed E-state index contributed by atoms with van der Waals surface area (Å²) >= 11 is 0. The van der Waals surface area contributed by atoms with E-state index in [0.29, 0.717) is 5.56 Å². The number of halogens is 2. The number of hydrogen-bond acceptors (Lipinski definition) is 0. The van der Waals surface area contributed by atoms with Gasteiger partial charge in [-0.3, -0.25) is 0 Å². The van der Waals surface area contributed by atoms with Gasteiger partial charge in [0.1, 0.15) is 11.6 Å². The minimum atomic E-state index is -0.369. The maximum absolute atomic E-state index is 13.0. The first-order valence-electron chi connectivity index (χ1n) is 4.10. The zero-order chi connectivity index (χ0) is 9.14. The fourth-order valence-corrected chi connectivity index (χ4v) is 1.11. The summed E-state index contributed by atoms with van der Waals surface area (Å²) in [4.78, 5) is 0. The molecule has 0 bridgehead atoms. The van der Waals surface area contributed by atoms with Gasteiger partial charge < -0.3 is 0 Å². The van der Waals surface area contributed by atoms with Crippen LogP contribution in [0.25, 0.3) is 0 Å². The Morgan fingerprint density at radius 1 is 1.33 bits per heavy atom. The van der Waals surface area contributed by atoms with Crippen molar-refractivity contribution in [3.8, 4) is 0 Å². The summed E-state index contributed by atoms with van der Waals surface area (Å²) in [5.41, 5.74) is 0.470. The third-order valence-electron chi connectivity index (χ3n) is 2.10. The second-order valence-corrected chi connectivity index (χ2v) is 2.98. The number of benzene rings is 1. The monoisotopic (exact) mass is 170 g/mol. The van der Waals surface area contributed by atoms with Crippen LogP contribution in [-0.2, 0) is 0 Å². The number of rotatable bonds is 2. The van der Waals surface area contributed by atoms with E-state index in [9.17, 15) is 8.78 Å². The molecule has 0 aliphatic rings. The highest BCUT2D eigenvalue weighted by atomic mass is 19.1. The van der Waals surface area contributed by atoms with Crippen LogP contribution in [-0.4, -0.2) is 0 Å². The van der Waals surface area contributed by atoms with Gasteiger partial charge in [-0.2, -0.15) is 0 Å². The molecule has 1 aromatic carbocycles. The van der Waals surface area contributed by atoms with E-state index in [2.05, 4.69) is 0 Å². The van der Waals surface area contributed by atoms with Crippen molar-refractivity contribution in [1.82, 2.24) is 0 Å². The Hall–Kier alpha value is -0.920. The molecule has 0 fully saturated rings. The standard InChI is InChI=1S/C10H12F2/c1-3-7(2)9-6-8(11)4-5-10(9)12/h4-7H,3H2,1-2H3. The molecule has 1 unspecified atom stereocenters. The van der Waals surface area contributed by atoms with E-state index < -0.39 is 0 Å². The molecule has 0 nitrogen and oxygen atoms in total. The summed E-state index contributed by atoms with van der Waals surface area (Å²) < 4.78 is 25.7. The van der Waals surface area contributed by atoms with Crippen LogP contribution in [0.1, 0.15) is 31.7 Å². The lowest BCUT2D eigenvalue weighted by Gasteiger charge is -2.09. The smallest absolute Gasteiger partial charge is 0.126 e. The van der Waals surface area contributed by atoms with E-state index >= 15 is 0 Å². The summed E-state index contributed by atoms with van der Waals surface area (Å²) in [7, 11) is 0. The van der Waals surface area contributed by atoms with Gasteiger partial charge in [-0.1, -0.05) is 13.8 Å². The second kappa shape index (κ2) is 3.65. The minimum absolute atomic E-state index is 0.0840. The van der Waals surface area contributed by atoms with Gasteiger partial charge in [0.25, 0.3) is 0 Å². The quantitative estimate of drug-likeness (QED) is 0.637. The predicted molar refractivity (Wildman–Crippen MR) is 45.1 cm³/mol. The fraction of sp³-hybridized carbons (Fsp3) is 0.400. The van der Waals surface area contributed by atoms with Crippen LogP contribution in [0.15, 0.2) is 18.2 Å². The van der Waals surface area contributed by atoms with Crippen molar-refractivity contribution in [2.24, 2.45) is 0 Å². The van der Waals surface area contributed by atoms with Crippen molar-refractivity contribution in [3.05, 3.63) is 35.4 Å². The van der Waals surface area contributed by atoms with E-state index in [4.69, 9.17) is 0 Å². The Kier molecular flexibility index (Phi) is 2.79. The first-order chi connectivity index (χ1) is 5.65. The lowest BCUT2D eigenvalue weighted by molar-refractivity contribution is 0.564. The molecule has 0 saturated heterocycles. The maximum atomic E-state index is 13.0. The van der Waals surface area contributed by atoms with Gasteiger partial charge in [0.2, 0.25) is 0 Å². The van der Waals surface area contributed by atoms with Crippen molar-refractivity contribution in [2.75, 3.05) is 0 Å². The van der Waals surface area contributed by atoms with Crippen LogP contribution < -0.4 is 0 Å². The predicted octanol–water partition coefficient (Wildman–Crippen LogP) is 3.48. The van der Waals surface area contributed by atoms with Crippen LogP contribution in [0.2, 0.25) is 0 Å². The van der Waals surface area contributed by atoms with E-state index in [1.165, 1.54) is 12.1 Å². The zero-order valence-electron chi connectivity index (χ0n) is 7.27. The largest absolute Gasteiger partial charge is 0.207 e. The molecule has 1 rings (SSSR count). The average Bonchev–Trinajstić information content (AvgIpc) is 2.08. The summed E-state index contributed by atoms with van der Waals surface area (Å²) in [5, 5.41) is 0. The van der Waals surface area contributed by atoms with Gasteiger partial charge in [-0.25, -0.2) is 8.78 Å². The molecular formula is C10H12F2. The van der Waals surface area contributed by atoms with Gasteiger partial charge in [0.05, 0.1) is 0 Å². The molecule has 0 amide bonds. The van der Waals surface area contributed by atoms with Crippen molar-refractivity contribution < 1.29 is 8.78 Å². The van der Waals surface area contributed by atoms with Crippen LogP contribution in [0.4, 0.5) is 8.78 Å². The Bertz CT molecular complexity index is 269. The highest BCUT2D eigenvalue weighted by Crippen LogP contribution is 2.22. The summed E-state index contributed by atoms with van der Waals surface area (Å²) in [6.45, 7) is 3.84. The van der Waals surface area contributed by atoms with Crippen molar-refractivity contribution >= 4 is 0 Å². The van der Waals surface area contributed by atoms with Gasteiger partial charge in [0, 0.05) is 0 Å². The molecule has 1 atom stereocenters. The van der Waals surface area contributed by atoms with Crippen molar-refractivity contribution in [2.45, 2.75) is 26.2 Å². The SMILES string of the molecule is CCC(C)c1cc(F)ccc1F. The molecule has 0 radical (unpaired) electrons. The van der Waals surface area contributed by atoms with Gasteiger partial charge in [0.15, 0.2) is 0 Å². The molecule has 0 spiro atoms. The van der Waals surface area contributed by atoms with E-state index in [1.807, 2.05) is 13.8 Å². The third-order valence-corrected chi connectivity index (χ3v) is 2.10. The highest BCUT2D eigenvalue weighted by Gasteiger charge is 2.09. The van der Waals surface area contributed by atoms with Crippen LogP contribution >= 0.6 is 0 Å². The van der Waals surface area contributed by atoms with Crippen LogP contribution in [0, 0.1) is 11.6 Å². The Morgan fingerprint density at radius 2 is 2.00 bits per heavy atom. The van der Waals surface area contributed by atoms with E-state index in [1.54, 1.807) is 0 Å². The minimum Gasteiger partial charge on any atom is -0.207 e. The molecule has 0 aromatic heterocycles. The first kappa shape index (κ1) is 9.17. The molecule has 2 heteroatoms. The fourth-order valence-electron chi connectivity index (χ4n) is 1.11. The molecular weight excluding hydrogens is 158 g/mol. The third kappa shape index (κ3) is 1.81. The lowest BCUT2D eigenvalue weighted by Crippen LogP contribution is -1.96. The van der Waals surface area contributed by atoms with Gasteiger partial charge in [-0.15, -0.1) is 0 Å². The summed E-state index contributed by atoms with van der Waals surface area (Å²) in [6.07, 6.45) is 0.820. The summed E-state index contributed by atoms with van der Waals surface area (Å²) in [5.74, 6) is -0.599. The molecule has 1 aromatic rings. The molecule has 0 aliphatic carbocycles. The van der Waals surface area contributed by atoms with E-state index in [0.717, 1.165) is 12.5 Å². The Balaban J connectivity index is 3.04. The Labute approximate surface area is 71.2 Å². The number of hydrogen-bond donors (Lipinski definition) is 0. The zero-order valence-corrected chi connectivity index (χ0v) is 7.27. The summed E-state index contributed by atoms with van der Waals surface area (Å²) in [6, 6.07) is 3.58. The maximum Gasteiger partial charge on any atom is 0.126 e. The van der Waals surface area contributed by atoms with Gasteiger partial charge >= 0.3 is 0 Å². The van der Waals surface area contributed by atoms with Crippen molar-refractivity contribution in [3.63, 3.8) is 0 Å². The molecule has 12 heavy (non-hydrogen) atoms. The molecule has 66 valence electrons. The normalized spacial score (nSPS) is 13.0. The second-order valence-electron chi connectivity index (χ2n) is 2.98. The highest BCUT2D eigenvalue weighted by molar-refractivity contribution is 5.21. The molecule has 0 aliphatic heterocycles. The van der Waals surface area contributed by atoms with Crippen LogP contribution in [0.3, 0.4) is 0 Å². The topological polar surface area (TPSA) is 0 Å². The molecule has 0 saturated carbocycles.